The fraction of sp³-hybridized carbons (Fsp3) is 0.857. The van der Waals surface area contributed by atoms with Crippen LogP contribution in [0.5, 0.6) is 0 Å². The molecule has 1 saturated carbocycles. The fourth-order valence-electron chi connectivity index (χ4n) is 3.23. The Labute approximate surface area is 109 Å². The van der Waals surface area contributed by atoms with Gasteiger partial charge in [-0.15, -0.1) is 0 Å². The number of amides is 2. The maximum atomic E-state index is 12.7. The lowest BCUT2D eigenvalue weighted by molar-refractivity contribution is -0.157. The SMILES string of the molecule is CCC1(C)NC(=O)C(C)N(C2CCCC2C)C1=O. The Bertz CT molecular complexity index is 369. The molecule has 4 heteroatoms. The van der Waals surface area contributed by atoms with E-state index in [-0.39, 0.29) is 23.9 Å². The Morgan fingerprint density at radius 2 is 2.00 bits per heavy atom. The molecule has 2 amide bonds. The predicted octanol–water partition coefficient (Wildman–Crippen LogP) is 1.69. The molecule has 1 heterocycles. The van der Waals surface area contributed by atoms with Gasteiger partial charge in [0, 0.05) is 6.04 Å². The number of rotatable bonds is 2. The number of hydrogen-bond donors (Lipinski definition) is 1. The van der Waals surface area contributed by atoms with E-state index in [0.717, 1.165) is 19.3 Å². The average Bonchev–Trinajstić information content (AvgIpc) is 2.74. The molecule has 18 heavy (non-hydrogen) atoms. The molecule has 4 nitrogen and oxygen atoms in total. The first-order valence-corrected chi connectivity index (χ1v) is 7.05. The van der Waals surface area contributed by atoms with Gasteiger partial charge in [-0.2, -0.15) is 0 Å². The summed E-state index contributed by atoms with van der Waals surface area (Å²) in [6.45, 7) is 7.82. The molecule has 4 atom stereocenters. The van der Waals surface area contributed by atoms with Gasteiger partial charge in [0.05, 0.1) is 0 Å². The Morgan fingerprint density at radius 1 is 1.33 bits per heavy atom. The molecule has 1 saturated heterocycles. The van der Waals surface area contributed by atoms with Gasteiger partial charge in [0.1, 0.15) is 11.6 Å². The average molecular weight is 252 g/mol. The zero-order valence-electron chi connectivity index (χ0n) is 11.8. The fourth-order valence-corrected chi connectivity index (χ4v) is 3.23. The van der Waals surface area contributed by atoms with Gasteiger partial charge in [-0.1, -0.05) is 20.3 Å². The first-order valence-electron chi connectivity index (χ1n) is 7.05. The number of nitrogens with one attached hydrogen (secondary N) is 1. The van der Waals surface area contributed by atoms with Crippen LogP contribution in [-0.2, 0) is 9.59 Å². The number of carbonyl (C=O) groups excluding carboxylic acids is 2. The van der Waals surface area contributed by atoms with E-state index in [2.05, 4.69) is 12.2 Å². The lowest BCUT2D eigenvalue weighted by Crippen LogP contribution is -2.70. The van der Waals surface area contributed by atoms with E-state index in [4.69, 9.17) is 0 Å². The van der Waals surface area contributed by atoms with Crippen LogP contribution in [0.25, 0.3) is 0 Å². The summed E-state index contributed by atoms with van der Waals surface area (Å²) in [6.07, 6.45) is 3.99. The van der Waals surface area contributed by atoms with Crippen LogP contribution in [0.15, 0.2) is 0 Å². The number of carbonyl (C=O) groups is 2. The number of hydrogen-bond acceptors (Lipinski definition) is 2. The predicted molar refractivity (Wildman–Crippen MR) is 69.9 cm³/mol. The molecule has 0 spiro atoms. The molecule has 102 valence electrons. The number of piperazine rings is 1. The van der Waals surface area contributed by atoms with Crippen molar-refractivity contribution in [2.45, 2.75) is 71.0 Å². The van der Waals surface area contributed by atoms with Crippen molar-refractivity contribution < 1.29 is 9.59 Å². The molecule has 2 aliphatic rings. The smallest absolute Gasteiger partial charge is 0.248 e. The van der Waals surface area contributed by atoms with Crippen molar-refractivity contribution in [2.24, 2.45) is 5.92 Å². The monoisotopic (exact) mass is 252 g/mol. The van der Waals surface area contributed by atoms with E-state index < -0.39 is 5.54 Å². The minimum absolute atomic E-state index is 0.0157. The quantitative estimate of drug-likeness (QED) is 0.813. The van der Waals surface area contributed by atoms with E-state index in [1.807, 2.05) is 25.7 Å². The maximum absolute atomic E-state index is 12.7. The minimum atomic E-state index is -0.716. The third-order valence-corrected chi connectivity index (χ3v) is 4.78. The topological polar surface area (TPSA) is 49.4 Å². The van der Waals surface area contributed by atoms with Crippen molar-refractivity contribution in [3.05, 3.63) is 0 Å². The molecule has 2 fully saturated rings. The van der Waals surface area contributed by atoms with Crippen LogP contribution in [0.2, 0.25) is 0 Å². The highest BCUT2D eigenvalue weighted by Gasteiger charge is 2.49. The Balaban J connectivity index is 2.30. The van der Waals surface area contributed by atoms with Crippen molar-refractivity contribution in [3.8, 4) is 0 Å². The van der Waals surface area contributed by atoms with Crippen molar-refractivity contribution in [1.82, 2.24) is 10.2 Å². The van der Waals surface area contributed by atoms with Crippen LogP contribution >= 0.6 is 0 Å². The molecular formula is C14H24N2O2. The first kappa shape index (κ1) is 13.4. The Kier molecular flexibility index (Phi) is 3.39. The third-order valence-electron chi connectivity index (χ3n) is 4.78. The molecule has 0 aromatic rings. The van der Waals surface area contributed by atoms with E-state index >= 15 is 0 Å². The van der Waals surface area contributed by atoms with Crippen molar-refractivity contribution in [3.63, 3.8) is 0 Å². The molecule has 0 aromatic carbocycles. The van der Waals surface area contributed by atoms with Gasteiger partial charge in [0.15, 0.2) is 0 Å². The van der Waals surface area contributed by atoms with E-state index in [0.29, 0.717) is 12.3 Å². The second-order valence-corrected chi connectivity index (χ2v) is 6.04. The highest BCUT2D eigenvalue weighted by molar-refractivity contribution is 5.99. The van der Waals surface area contributed by atoms with Crippen molar-refractivity contribution in [2.75, 3.05) is 0 Å². The van der Waals surface area contributed by atoms with Gasteiger partial charge in [-0.25, -0.2) is 0 Å². The molecule has 2 rings (SSSR count). The largest absolute Gasteiger partial charge is 0.340 e. The summed E-state index contributed by atoms with van der Waals surface area (Å²) in [7, 11) is 0. The van der Waals surface area contributed by atoms with Gasteiger partial charge in [-0.05, 0) is 39.0 Å². The Morgan fingerprint density at radius 3 is 2.50 bits per heavy atom. The minimum Gasteiger partial charge on any atom is -0.340 e. The van der Waals surface area contributed by atoms with Gasteiger partial charge >= 0.3 is 0 Å². The molecule has 0 bridgehead atoms. The molecule has 1 aliphatic heterocycles. The molecule has 4 unspecified atom stereocenters. The normalized spacial score (nSPS) is 41.1. The van der Waals surface area contributed by atoms with Crippen LogP contribution in [0.3, 0.4) is 0 Å². The van der Waals surface area contributed by atoms with Gasteiger partial charge in [0.2, 0.25) is 11.8 Å². The highest BCUT2D eigenvalue weighted by Crippen LogP contribution is 2.34. The van der Waals surface area contributed by atoms with E-state index in [1.165, 1.54) is 0 Å². The summed E-state index contributed by atoms with van der Waals surface area (Å²) >= 11 is 0. The summed E-state index contributed by atoms with van der Waals surface area (Å²) in [4.78, 5) is 26.6. The summed E-state index contributed by atoms with van der Waals surface area (Å²) in [6, 6.07) is -0.0906. The van der Waals surface area contributed by atoms with E-state index in [1.54, 1.807) is 0 Å². The maximum Gasteiger partial charge on any atom is 0.248 e. The zero-order valence-corrected chi connectivity index (χ0v) is 11.8. The van der Waals surface area contributed by atoms with Crippen LogP contribution in [0.4, 0.5) is 0 Å². The standard InChI is InChI=1S/C14H24N2O2/c1-5-14(4)13(18)16(10(3)12(17)15-14)11-8-6-7-9(11)2/h9-11H,5-8H2,1-4H3,(H,15,17). The van der Waals surface area contributed by atoms with Crippen LogP contribution in [-0.4, -0.2) is 34.3 Å². The highest BCUT2D eigenvalue weighted by atomic mass is 16.2. The van der Waals surface area contributed by atoms with Gasteiger partial charge in [0.25, 0.3) is 0 Å². The second kappa shape index (κ2) is 4.56. The molecule has 0 aromatic heterocycles. The van der Waals surface area contributed by atoms with Crippen LogP contribution in [0.1, 0.15) is 53.4 Å². The Hall–Kier alpha value is -1.06. The molecule has 0 radical (unpaired) electrons. The zero-order chi connectivity index (χ0) is 13.5. The lowest BCUT2D eigenvalue weighted by atomic mass is 9.89. The van der Waals surface area contributed by atoms with E-state index in [9.17, 15) is 9.59 Å². The summed E-state index contributed by atoms with van der Waals surface area (Å²) in [5, 5.41) is 2.88. The molecule has 1 N–H and O–H groups in total. The van der Waals surface area contributed by atoms with Crippen LogP contribution < -0.4 is 5.32 Å². The summed E-state index contributed by atoms with van der Waals surface area (Å²) in [5.74, 6) is 0.581. The second-order valence-electron chi connectivity index (χ2n) is 6.04. The third kappa shape index (κ3) is 1.91. The van der Waals surface area contributed by atoms with Crippen molar-refractivity contribution in [1.29, 1.82) is 0 Å². The van der Waals surface area contributed by atoms with Crippen molar-refractivity contribution >= 4 is 11.8 Å². The summed E-state index contributed by atoms with van der Waals surface area (Å²) in [5.41, 5.74) is -0.716. The lowest BCUT2D eigenvalue weighted by Gasteiger charge is -2.46. The summed E-state index contributed by atoms with van der Waals surface area (Å²) < 4.78 is 0. The van der Waals surface area contributed by atoms with Crippen LogP contribution in [0, 0.1) is 5.92 Å². The molecular weight excluding hydrogens is 228 g/mol. The van der Waals surface area contributed by atoms with Gasteiger partial charge in [-0.3, -0.25) is 9.59 Å². The number of nitrogens with zero attached hydrogens (tertiary/aromatic N) is 1. The first-order chi connectivity index (χ1) is 8.40. The van der Waals surface area contributed by atoms with Gasteiger partial charge < -0.3 is 10.2 Å². The molecule has 1 aliphatic carbocycles.